The van der Waals surface area contributed by atoms with Gasteiger partial charge in [0.15, 0.2) is 5.78 Å². The molecule has 1 spiro atoms. The molecule has 1 heterocycles. The van der Waals surface area contributed by atoms with E-state index in [9.17, 15) is 19.2 Å². The number of hydrogen-bond donors (Lipinski definition) is 2. The molecule has 0 radical (unpaired) electrons. The van der Waals surface area contributed by atoms with Crippen molar-refractivity contribution >= 4 is 29.3 Å². The Bertz CT molecular complexity index is 1080. The molecular formula is C26H29N3O4. The van der Waals surface area contributed by atoms with E-state index in [1.165, 1.54) is 0 Å². The number of amides is 4. The highest BCUT2D eigenvalue weighted by Crippen LogP contribution is 2.39. The summed E-state index contributed by atoms with van der Waals surface area (Å²) in [6.45, 7) is 1.76. The summed E-state index contributed by atoms with van der Waals surface area (Å²) in [4.78, 5) is 51.9. The number of rotatable bonds is 8. The van der Waals surface area contributed by atoms with Crippen LogP contribution in [-0.2, 0) is 21.5 Å². The second-order valence-corrected chi connectivity index (χ2v) is 8.74. The lowest BCUT2D eigenvalue weighted by molar-refractivity contribution is -0.131. The van der Waals surface area contributed by atoms with E-state index in [4.69, 9.17) is 0 Å². The molecule has 2 N–H and O–H groups in total. The van der Waals surface area contributed by atoms with Gasteiger partial charge in [0.1, 0.15) is 5.54 Å². The Balaban J connectivity index is 1.42. The summed E-state index contributed by atoms with van der Waals surface area (Å²) in [7, 11) is 0. The van der Waals surface area contributed by atoms with Crippen LogP contribution in [0.2, 0.25) is 0 Å². The molecule has 0 unspecified atom stereocenters. The molecular weight excluding hydrogens is 418 g/mol. The van der Waals surface area contributed by atoms with Crippen molar-refractivity contribution < 1.29 is 19.2 Å². The summed E-state index contributed by atoms with van der Waals surface area (Å²) >= 11 is 0. The number of urea groups is 1. The van der Waals surface area contributed by atoms with Crippen molar-refractivity contribution in [1.82, 2.24) is 10.2 Å². The van der Waals surface area contributed by atoms with Gasteiger partial charge in [0.2, 0.25) is 5.91 Å². The predicted molar refractivity (Wildman–Crippen MR) is 125 cm³/mol. The van der Waals surface area contributed by atoms with Gasteiger partial charge in [-0.3, -0.25) is 19.3 Å². The average Bonchev–Trinajstić information content (AvgIpc) is 3.04. The lowest BCUT2D eigenvalue weighted by Gasteiger charge is -2.33. The van der Waals surface area contributed by atoms with Gasteiger partial charge in [-0.05, 0) is 61.1 Å². The Labute approximate surface area is 193 Å². The number of nitrogens with one attached hydrogen (secondary N) is 2. The fourth-order valence-corrected chi connectivity index (χ4v) is 4.69. The SMILES string of the molecule is CCCCCC(=O)Nc1ccc(C(=O)CN2C(=O)N[C@]3(CCCc4ccccc43)C2=O)cc1. The van der Waals surface area contributed by atoms with Crippen LogP contribution >= 0.6 is 0 Å². The van der Waals surface area contributed by atoms with Crippen LogP contribution in [0.5, 0.6) is 0 Å². The van der Waals surface area contributed by atoms with Gasteiger partial charge in [-0.1, -0.05) is 44.0 Å². The zero-order valence-corrected chi connectivity index (χ0v) is 18.9. The first-order valence-electron chi connectivity index (χ1n) is 11.6. The molecule has 0 saturated carbocycles. The Morgan fingerprint density at radius 2 is 1.82 bits per heavy atom. The Morgan fingerprint density at radius 3 is 2.58 bits per heavy atom. The number of anilines is 1. The standard InChI is InChI=1S/C26H29N3O4/c1-2-3-4-11-23(31)27-20-14-12-19(13-15-20)22(30)17-29-24(32)26(28-25(29)33)16-7-9-18-8-5-6-10-21(18)26/h5-6,8,10,12-15H,2-4,7,9,11,16-17H2,1H3,(H,27,31)(H,28,33)/t26-/m0/s1. The van der Waals surface area contributed by atoms with Crippen LogP contribution in [0, 0.1) is 0 Å². The molecule has 7 heteroatoms. The number of hydrogen-bond acceptors (Lipinski definition) is 4. The molecule has 2 aromatic rings. The van der Waals surface area contributed by atoms with Crippen molar-refractivity contribution in [3.05, 3.63) is 65.2 Å². The van der Waals surface area contributed by atoms with Gasteiger partial charge in [-0.25, -0.2) is 4.79 Å². The molecule has 0 aromatic heterocycles. The molecule has 4 rings (SSSR count). The molecule has 1 aliphatic carbocycles. The van der Waals surface area contributed by atoms with E-state index in [2.05, 4.69) is 17.6 Å². The fourth-order valence-electron chi connectivity index (χ4n) is 4.69. The summed E-state index contributed by atoms with van der Waals surface area (Å²) in [5.41, 5.74) is 1.78. The van der Waals surface area contributed by atoms with E-state index in [0.717, 1.165) is 48.1 Å². The first-order valence-corrected chi connectivity index (χ1v) is 11.6. The maximum Gasteiger partial charge on any atom is 0.325 e. The quantitative estimate of drug-likeness (QED) is 0.361. The van der Waals surface area contributed by atoms with Crippen molar-refractivity contribution in [3.8, 4) is 0 Å². The third-order valence-electron chi connectivity index (χ3n) is 6.45. The first kappa shape index (κ1) is 22.7. The van der Waals surface area contributed by atoms with Crippen molar-refractivity contribution in [2.75, 3.05) is 11.9 Å². The number of carbonyl (C=O) groups excluding carboxylic acids is 4. The molecule has 0 bridgehead atoms. The van der Waals surface area contributed by atoms with Crippen LogP contribution in [0.25, 0.3) is 0 Å². The van der Waals surface area contributed by atoms with Crippen molar-refractivity contribution in [2.24, 2.45) is 0 Å². The van der Waals surface area contributed by atoms with Gasteiger partial charge in [0.25, 0.3) is 5.91 Å². The highest BCUT2D eigenvalue weighted by Gasteiger charge is 2.54. The second kappa shape index (κ2) is 9.57. The zero-order valence-electron chi connectivity index (χ0n) is 18.9. The van der Waals surface area contributed by atoms with Crippen LogP contribution < -0.4 is 10.6 Å². The fraction of sp³-hybridized carbons (Fsp3) is 0.385. The predicted octanol–water partition coefficient (Wildman–Crippen LogP) is 4.17. The summed E-state index contributed by atoms with van der Waals surface area (Å²) in [6.07, 6.45) is 5.54. The number of unbranched alkanes of at least 4 members (excludes halogenated alkanes) is 2. The molecule has 1 saturated heterocycles. The molecule has 2 aromatic carbocycles. The number of Topliss-reactive ketones (excluding diaryl/α,β-unsaturated/α-hetero) is 1. The highest BCUT2D eigenvalue weighted by molar-refractivity contribution is 6.11. The largest absolute Gasteiger partial charge is 0.326 e. The van der Waals surface area contributed by atoms with Crippen LogP contribution in [0.4, 0.5) is 10.5 Å². The number of imide groups is 1. The molecule has 172 valence electrons. The number of nitrogens with zero attached hydrogens (tertiary/aromatic N) is 1. The minimum absolute atomic E-state index is 0.0556. The van der Waals surface area contributed by atoms with Gasteiger partial charge in [-0.15, -0.1) is 0 Å². The van der Waals surface area contributed by atoms with Gasteiger partial charge in [-0.2, -0.15) is 0 Å². The van der Waals surface area contributed by atoms with Gasteiger partial charge in [0, 0.05) is 17.7 Å². The van der Waals surface area contributed by atoms with E-state index in [0.29, 0.717) is 24.1 Å². The molecule has 7 nitrogen and oxygen atoms in total. The topological polar surface area (TPSA) is 95.6 Å². The summed E-state index contributed by atoms with van der Waals surface area (Å²) < 4.78 is 0. The molecule has 33 heavy (non-hydrogen) atoms. The van der Waals surface area contributed by atoms with Crippen LogP contribution in [0.1, 0.15) is 66.9 Å². The van der Waals surface area contributed by atoms with Crippen molar-refractivity contribution in [2.45, 2.75) is 57.4 Å². The number of carbonyl (C=O) groups is 4. The molecule has 1 fully saturated rings. The third kappa shape index (κ3) is 4.53. The van der Waals surface area contributed by atoms with Crippen LogP contribution in [0.3, 0.4) is 0 Å². The van der Waals surface area contributed by atoms with E-state index >= 15 is 0 Å². The van der Waals surface area contributed by atoms with Gasteiger partial charge >= 0.3 is 6.03 Å². The first-order chi connectivity index (χ1) is 15.9. The van der Waals surface area contributed by atoms with Gasteiger partial charge < -0.3 is 10.6 Å². The van der Waals surface area contributed by atoms with Crippen LogP contribution in [-0.4, -0.2) is 35.1 Å². The Kier molecular flexibility index (Phi) is 6.58. The molecule has 2 aliphatic rings. The minimum Gasteiger partial charge on any atom is -0.326 e. The number of benzene rings is 2. The maximum atomic E-state index is 13.3. The number of aryl methyl sites for hydroxylation is 1. The van der Waals surface area contributed by atoms with Gasteiger partial charge in [0.05, 0.1) is 6.54 Å². The average molecular weight is 448 g/mol. The summed E-state index contributed by atoms with van der Waals surface area (Å²) in [5, 5.41) is 5.70. The molecule has 4 amide bonds. The van der Waals surface area contributed by atoms with Crippen molar-refractivity contribution in [3.63, 3.8) is 0 Å². The van der Waals surface area contributed by atoms with E-state index in [1.54, 1.807) is 24.3 Å². The Hall–Kier alpha value is -3.48. The smallest absolute Gasteiger partial charge is 0.325 e. The van der Waals surface area contributed by atoms with Crippen molar-refractivity contribution in [1.29, 1.82) is 0 Å². The monoisotopic (exact) mass is 447 g/mol. The second-order valence-electron chi connectivity index (χ2n) is 8.74. The lowest BCUT2D eigenvalue weighted by atomic mass is 9.76. The lowest BCUT2D eigenvalue weighted by Crippen LogP contribution is -2.46. The van der Waals surface area contributed by atoms with E-state index < -0.39 is 11.6 Å². The highest BCUT2D eigenvalue weighted by atomic mass is 16.2. The van der Waals surface area contributed by atoms with E-state index in [1.807, 2.05) is 24.3 Å². The van der Waals surface area contributed by atoms with Crippen LogP contribution in [0.15, 0.2) is 48.5 Å². The zero-order chi connectivity index (χ0) is 23.4. The number of ketones is 1. The third-order valence-corrected chi connectivity index (χ3v) is 6.45. The van der Waals surface area contributed by atoms with E-state index in [-0.39, 0.29) is 24.1 Å². The minimum atomic E-state index is -1.09. The Morgan fingerprint density at radius 1 is 1.06 bits per heavy atom. The molecule has 1 aliphatic heterocycles. The summed E-state index contributed by atoms with van der Waals surface area (Å²) in [5.74, 6) is -0.760. The number of fused-ring (bicyclic) bond motifs is 2. The maximum absolute atomic E-state index is 13.3. The summed E-state index contributed by atoms with van der Waals surface area (Å²) in [6, 6.07) is 13.6. The molecule has 1 atom stereocenters. The normalized spacial score (nSPS) is 19.4.